The van der Waals surface area contributed by atoms with Gasteiger partial charge in [-0.05, 0) is 59.7 Å². The summed E-state index contributed by atoms with van der Waals surface area (Å²) in [5.41, 5.74) is 0.558. The van der Waals surface area contributed by atoms with Gasteiger partial charge in [0.2, 0.25) is 16.9 Å². The minimum absolute atomic E-state index is 0.0826. The lowest BCUT2D eigenvalue weighted by Crippen LogP contribution is -2.13. The molecule has 3 rings (SSSR count). The van der Waals surface area contributed by atoms with Crippen molar-refractivity contribution in [3.05, 3.63) is 34.5 Å². The summed E-state index contributed by atoms with van der Waals surface area (Å²) in [5.74, 6) is 2.60. The first-order valence-electron chi connectivity index (χ1n) is 12.1. The van der Waals surface area contributed by atoms with Crippen molar-refractivity contribution in [2.75, 3.05) is 39.6 Å². The second-order valence-corrected chi connectivity index (χ2v) is 7.26. The van der Waals surface area contributed by atoms with E-state index >= 15 is 0 Å². The SMILES string of the molecule is CCOc1ccc(-c2oc3cc(OCC)c(OCC)c(OCC)c3c(=O)c2OCC)cc1OCC. The molecule has 2 aromatic carbocycles. The van der Waals surface area contributed by atoms with E-state index in [0.717, 1.165) is 0 Å². The van der Waals surface area contributed by atoms with Gasteiger partial charge in [0, 0.05) is 11.6 Å². The number of fused-ring (bicyclic) bond motifs is 1. The summed E-state index contributed by atoms with van der Waals surface area (Å²) in [6, 6.07) is 7.04. The monoisotopic (exact) mass is 486 g/mol. The summed E-state index contributed by atoms with van der Waals surface area (Å²) in [5, 5.41) is 0.238. The van der Waals surface area contributed by atoms with Gasteiger partial charge >= 0.3 is 0 Å². The lowest BCUT2D eigenvalue weighted by atomic mass is 10.1. The maximum Gasteiger partial charge on any atom is 0.239 e. The molecule has 1 heterocycles. The van der Waals surface area contributed by atoms with E-state index in [2.05, 4.69) is 0 Å². The second kappa shape index (κ2) is 12.2. The molecule has 0 amide bonds. The quantitative estimate of drug-likeness (QED) is 0.297. The number of benzene rings is 2. The number of ether oxygens (including phenoxy) is 6. The molecule has 0 saturated heterocycles. The molecular formula is C27H34O8. The Morgan fingerprint density at radius 3 is 1.77 bits per heavy atom. The molecule has 8 heteroatoms. The number of rotatable bonds is 13. The van der Waals surface area contributed by atoms with Crippen molar-refractivity contribution < 1.29 is 32.8 Å². The number of hydrogen-bond donors (Lipinski definition) is 0. The lowest BCUT2D eigenvalue weighted by molar-refractivity contribution is 0.262. The van der Waals surface area contributed by atoms with Gasteiger partial charge in [-0.25, -0.2) is 0 Å². The van der Waals surface area contributed by atoms with Gasteiger partial charge in [0.1, 0.15) is 11.0 Å². The fourth-order valence-electron chi connectivity index (χ4n) is 3.75. The maximum atomic E-state index is 13.8. The van der Waals surface area contributed by atoms with Crippen LogP contribution in [0, 0.1) is 0 Å². The molecule has 0 N–H and O–H groups in total. The van der Waals surface area contributed by atoms with Gasteiger partial charge in [0.05, 0.1) is 39.6 Å². The van der Waals surface area contributed by atoms with Gasteiger partial charge in [0.25, 0.3) is 0 Å². The predicted molar refractivity (Wildman–Crippen MR) is 135 cm³/mol. The topological polar surface area (TPSA) is 85.6 Å². The zero-order valence-corrected chi connectivity index (χ0v) is 21.3. The first-order valence-corrected chi connectivity index (χ1v) is 12.1. The lowest BCUT2D eigenvalue weighted by Gasteiger charge is -2.19. The number of hydrogen-bond acceptors (Lipinski definition) is 8. The highest BCUT2D eigenvalue weighted by Crippen LogP contribution is 2.45. The standard InChI is InChI=1S/C27H34O8/c1-7-29-18-14-13-17(15-19(18)30-8-2)24-27(34-12-6)23(28)22-20(35-24)16-21(31-9-3)25(32-10-4)26(22)33-11-5/h13-16H,7-12H2,1-6H3. The molecule has 35 heavy (non-hydrogen) atoms. The Kier molecular flexibility index (Phi) is 9.11. The molecule has 0 aliphatic rings. The Morgan fingerprint density at radius 2 is 1.14 bits per heavy atom. The molecule has 1 aromatic heterocycles. The molecule has 0 saturated carbocycles. The summed E-state index contributed by atoms with van der Waals surface area (Å²) in [4.78, 5) is 13.8. The predicted octanol–water partition coefficient (Wildman–Crippen LogP) is 5.85. The summed E-state index contributed by atoms with van der Waals surface area (Å²) in [6.07, 6.45) is 0. The third kappa shape index (κ3) is 5.42. The Labute approximate surface area is 205 Å². The van der Waals surface area contributed by atoms with Crippen molar-refractivity contribution in [1.29, 1.82) is 0 Å². The molecule has 0 spiro atoms. The summed E-state index contributed by atoms with van der Waals surface area (Å²) in [7, 11) is 0. The van der Waals surface area contributed by atoms with Crippen LogP contribution >= 0.6 is 0 Å². The van der Waals surface area contributed by atoms with Crippen LogP contribution in [0.5, 0.6) is 34.5 Å². The van der Waals surface area contributed by atoms with E-state index in [0.29, 0.717) is 67.2 Å². The first-order chi connectivity index (χ1) is 17.0. The Morgan fingerprint density at radius 1 is 0.600 bits per heavy atom. The van der Waals surface area contributed by atoms with Crippen molar-refractivity contribution >= 4 is 11.0 Å². The molecule has 0 radical (unpaired) electrons. The van der Waals surface area contributed by atoms with Crippen LogP contribution in [0.25, 0.3) is 22.3 Å². The molecule has 0 atom stereocenters. The molecule has 0 unspecified atom stereocenters. The molecule has 3 aromatic rings. The smallest absolute Gasteiger partial charge is 0.239 e. The maximum absolute atomic E-state index is 13.8. The first kappa shape index (κ1) is 26.1. The third-order valence-electron chi connectivity index (χ3n) is 4.99. The Hall–Kier alpha value is -3.55. The van der Waals surface area contributed by atoms with E-state index in [1.807, 2.05) is 47.6 Å². The van der Waals surface area contributed by atoms with Crippen LogP contribution in [-0.4, -0.2) is 39.6 Å². The highest BCUT2D eigenvalue weighted by molar-refractivity contribution is 5.92. The summed E-state index contributed by atoms with van der Waals surface area (Å²) >= 11 is 0. The minimum Gasteiger partial charge on any atom is -0.490 e. The minimum atomic E-state index is -0.359. The largest absolute Gasteiger partial charge is 0.490 e. The zero-order valence-electron chi connectivity index (χ0n) is 21.3. The van der Waals surface area contributed by atoms with Crippen LogP contribution in [0.1, 0.15) is 41.5 Å². The van der Waals surface area contributed by atoms with Crippen molar-refractivity contribution in [3.63, 3.8) is 0 Å². The van der Waals surface area contributed by atoms with E-state index in [4.69, 9.17) is 32.8 Å². The zero-order chi connectivity index (χ0) is 25.4. The van der Waals surface area contributed by atoms with Gasteiger partial charge in [-0.1, -0.05) is 0 Å². The average molecular weight is 487 g/mol. The highest BCUT2D eigenvalue weighted by atomic mass is 16.5. The molecule has 0 fully saturated rings. The van der Waals surface area contributed by atoms with E-state index in [-0.39, 0.29) is 34.7 Å². The van der Waals surface area contributed by atoms with Crippen LogP contribution in [-0.2, 0) is 0 Å². The van der Waals surface area contributed by atoms with Crippen molar-refractivity contribution in [3.8, 4) is 45.8 Å². The van der Waals surface area contributed by atoms with E-state index in [1.54, 1.807) is 18.2 Å². The molecule has 190 valence electrons. The van der Waals surface area contributed by atoms with Crippen molar-refractivity contribution in [2.45, 2.75) is 41.5 Å². The Bertz CT molecular complexity index is 1200. The van der Waals surface area contributed by atoms with Crippen LogP contribution in [0.3, 0.4) is 0 Å². The summed E-state index contributed by atoms with van der Waals surface area (Å²) in [6.45, 7) is 13.5. The van der Waals surface area contributed by atoms with Gasteiger partial charge in [-0.3, -0.25) is 4.79 Å². The molecule has 0 aliphatic heterocycles. The molecule has 0 aliphatic carbocycles. The van der Waals surface area contributed by atoms with Gasteiger partial charge in [-0.15, -0.1) is 0 Å². The van der Waals surface area contributed by atoms with Crippen LogP contribution in [0.4, 0.5) is 0 Å². The third-order valence-corrected chi connectivity index (χ3v) is 4.99. The van der Waals surface area contributed by atoms with E-state index in [9.17, 15) is 4.79 Å². The van der Waals surface area contributed by atoms with Crippen molar-refractivity contribution in [1.82, 2.24) is 0 Å². The molecule has 0 bridgehead atoms. The second-order valence-electron chi connectivity index (χ2n) is 7.26. The highest BCUT2D eigenvalue weighted by Gasteiger charge is 2.26. The van der Waals surface area contributed by atoms with Crippen LogP contribution in [0.2, 0.25) is 0 Å². The Balaban J connectivity index is 2.36. The van der Waals surface area contributed by atoms with Crippen LogP contribution < -0.4 is 33.8 Å². The van der Waals surface area contributed by atoms with E-state index < -0.39 is 0 Å². The van der Waals surface area contributed by atoms with Gasteiger partial charge < -0.3 is 32.8 Å². The van der Waals surface area contributed by atoms with E-state index in [1.165, 1.54) is 0 Å². The fourth-order valence-corrected chi connectivity index (χ4v) is 3.75. The summed E-state index contributed by atoms with van der Waals surface area (Å²) < 4.78 is 41.1. The van der Waals surface area contributed by atoms with Crippen molar-refractivity contribution in [2.24, 2.45) is 0 Å². The molecular weight excluding hydrogens is 452 g/mol. The molecule has 8 nitrogen and oxygen atoms in total. The fraction of sp³-hybridized carbons (Fsp3) is 0.444. The normalized spacial score (nSPS) is 10.8. The van der Waals surface area contributed by atoms with Gasteiger partial charge in [0.15, 0.2) is 28.8 Å². The average Bonchev–Trinajstić information content (AvgIpc) is 2.84. The van der Waals surface area contributed by atoms with Crippen LogP contribution in [0.15, 0.2) is 33.5 Å². The van der Waals surface area contributed by atoms with Gasteiger partial charge in [-0.2, -0.15) is 0 Å².